The molecule has 1 N–H and O–H groups in total. The van der Waals surface area contributed by atoms with Gasteiger partial charge in [-0.25, -0.2) is 0 Å². The minimum Gasteiger partial charge on any atom is -0.496 e. The molecule has 0 saturated heterocycles. The van der Waals surface area contributed by atoms with Gasteiger partial charge in [-0.1, -0.05) is 15.9 Å². The molecule has 0 aliphatic rings. The monoisotopic (exact) mass is 324 g/mol. The van der Waals surface area contributed by atoms with E-state index in [0.717, 1.165) is 27.2 Å². The molecule has 1 atom stereocenters. The van der Waals surface area contributed by atoms with E-state index in [4.69, 9.17) is 4.74 Å². The van der Waals surface area contributed by atoms with E-state index in [-0.39, 0.29) is 0 Å². The van der Waals surface area contributed by atoms with Gasteiger partial charge in [0.05, 0.1) is 24.6 Å². The predicted molar refractivity (Wildman–Crippen MR) is 77.3 cm³/mol. The maximum atomic E-state index is 10.3. The quantitative estimate of drug-likeness (QED) is 0.940. The summed E-state index contributed by atoms with van der Waals surface area (Å²) in [6.45, 7) is 1.91. The largest absolute Gasteiger partial charge is 0.496 e. The van der Waals surface area contributed by atoms with Crippen molar-refractivity contribution in [3.63, 3.8) is 0 Å². The third kappa shape index (κ3) is 3.16. The second kappa shape index (κ2) is 5.75. The Morgan fingerprint density at radius 1 is 1.42 bits per heavy atom. The van der Waals surface area contributed by atoms with Crippen LogP contribution in [-0.2, 0) is 13.5 Å². The van der Waals surface area contributed by atoms with Crippen LogP contribution in [0.5, 0.6) is 5.75 Å². The number of hydrogen-bond acceptors (Lipinski definition) is 3. The number of ether oxygens (including phenoxy) is 1. The number of hydrogen-bond donors (Lipinski definition) is 1. The van der Waals surface area contributed by atoms with E-state index in [1.54, 1.807) is 11.8 Å². The third-order valence-corrected chi connectivity index (χ3v) is 3.53. The zero-order valence-corrected chi connectivity index (χ0v) is 12.8. The van der Waals surface area contributed by atoms with Crippen molar-refractivity contribution in [2.24, 2.45) is 7.05 Å². The Hall–Kier alpha value is -1.33. The van der Waals surface area contributed by atoms with E-state index in [2.05, 4.69) is 21.0 Å². The Kier molecular flexibility index (Phi) is 4.27. The molecule has 0 bridgehead atoms. The summed E-state index contributed by atoms with van der Waals surface area (Å²) in [6.07, 6.45) is -0.115. The van der Waals surface area contributed by atoms with Gasteiger partial charge in [0, 0.05) is 17.9 Å². The fourth-order valence-corrected chi connectivity index (χ4v) is 2.57. The lowest BCUT2D eigenvalue weighted by molar-refractivity contribution is 0.167. The van der Waals surface area contributed by atoms with Gasteiger partial charge in [-0.05, 0) is 36.8 Å². The van der Waals surface area contributed by atoms with Crippen molar-refractivity contribution in [2.45, 2.75) is 19.4 Å². The van der Waals surface area contributed by atoms with Crippen LogP contribution >= 0.6 is 15.9 Å². The lowest BCUT2D eigenvalue weighted by Gasteiger charge is -2.14. The molecular weight excluding hydrogens is 308 g/mol. The average molecular weight is 325 g/mol. The Bertz CT molecular complexity index is 581. The van der Waals surface area contributed by atoms with Crippen molar-refractivity contribution in [3.05, 3.63) is 45.7 Å². The van der Waals surface area contributed by atoms with E-state index >= 15 is 0 Å². The molecular formula is C14H17BrN2O2. The summed E-state index contributed by atoms with van der Waals surface area (Å²) in [6, 6.07) is 7.67. The average Bonchev–Trinajstić information content (AvgIpc) is 2.69. The summed E-state index contributed by atoms with van der Waals surface area (Å²) in [5.74, 6) is 0.779. The van der Waals surface area contributed by atoms with Crippen LogP contribution in [0, 0.1) is 6.92 Å². The molecule has 2 aromatic rings. The fourth-order valence-electron chi connectivity index (χ4n) is 2.16. The van der Waals surface area contributed by atoms with Crippen LogP contribution in [0.4, 0.5) is 0 Å². The van der Waals surface area contributed by atoms with Gasteiger partial charge in [0.25, 0.3) is 0 Å². The van der Waals surface area contributed by atoms with E-state index in [9.17, 15) is 5.11 Å². The molecule has 0 saturated carbocycles. The van der Waals surface area contributed by atoms with Gasteiger partial charge in [0.2, 0.25) is 0 Å². The van der Waals surface area contributed by atoms with Crippen LogP contribution in [0.2, 0.25) is 0 Å². The summed E-state index contributed by atoms with van der Waals surface area (Å²) in [7, 11) is 3.47. The van der Waals surface area contributed by atoms with E-state index in [1.807, 2.05) is 38.2 Å². The minimum atomic E-state index is -0.602. The highest BCUT2D eigenvalue weighted by Crippen LogP contribution is 2.28. The van der Waals surface area contributed by atoms with Gasteiger partial charge in [-0.2, -0.15) is 5.10 Å². The fraction of sp³-hybridized carbons (Fsp3) is 0.357. The summed E-state index contributed by atoms with van der Waals surface area (Å²) in [4.78, 5) is 0. The number of methoxy groups -OCH3 is 1. The topological polar surface area (TPSA) is 47.3 Å². The molecule has 5 heteroatoms. The van der Waals surface area contributed by atoms with Crippen LogP contribution in [0.1, 0.15) is 23.1 Å². The molecule has 19 heavy (non-hydrogen) atoms. The zero-order valence-electron chi connectivity index (χ0n) is 11.2. The van der Waals surface area contributed by atoms with Crippen LogP contribution in [0.25, 0.3) is 0 Å². The van der Waals surface area contributed by atoms with Gasteiger partial charge in [0.15, 0.2) is 0 Å². The second-order valence-electron chi connectivity index (χ2n) is 4.51. The van der Waals surface area contributed by atoms with Crippen molar-refractivity contribution in [2.75, 3.05) is 7.11 Å². The van der Waals surface area contributed by atoms with Gasteiger partial charge in [0.1, 0.15) is 5.75 Å². The van der Waals surface area contributed by atoms with Gasteiger partial charge in [-0.3, -0.25) is 4.68 Å². The highest BCUT2D eigenvalue weighted by atomic mass is 79.9. The molecule has 0 spiro atoms. The van der Waals surface area contributed by atoms with Crippen molar-refractivity contribution >= 4 is 15.9 Å². The molecule has 0 fully saturated rings. The minimum absolute atomic E-state index is 0.488. The standard InChI is InChI=1S/C14H17BrN2O2/c1-9-6-12(17(2)16-9)13(18)8-10-7-11(15)4-5-14(10)19-3/h4-7,13,18H,8H2,1-3H3. The SMILES string of the molecule is COc1ccc(Br)cc1CC(O)c1cc(C)nn1C. The molecule has 0 radical (unpaired) electrons. The van der Waals surface area contributed by atoms with Gasteiger partial charge in [-0.15, -0.1) is 0 Å². The maximum Gasteiger partial charge on any atom is 0.122 e. The number of aliphatic hydroxyl groups excluding tert-OH is 1. The summed E-state index contributed by atoms with van der Waals surface area (Å²) >= 11 is 3.44. The van der Waals surface area contributed by atoms with Crippen LogP contribution in [0.3, 0.4) is 0 Å². The van der Waals surface area contributed by atoms with Crippen molar-refractivity contribution < 1.29 is 9.84 Å². The molecule has 1 heterocycles. The molecule has 4 nitrogen and oxygen atoms in total. The summed E-state index contributed by atoms with van der Waals surface area (Å²) < 4.78 is 8.00. The first-order valence-corrected chi connectivity index (χ1v) is 6.81. The Balaban J connectivity index is 2.25. The Morgan fingerprint density at radius 3 is 2.74 bits per heavy atom. The van der Waals surface area contributed by atoms with Gasteiger partial charge < -0.3 is 9.84 Å². The maximum absolute atomic E-state index is 10.3. The number of halogens is 1. The van der Waals surface area contributed by atoms with Crippen molar-refractivity contribution in [1.82, 2.24) is 9.78 Å². The Morgan fingerprint density at radius 2 is 2.16 bits per heavy atom. The first-order valence-electron chi connectivity index (χ1n) is 6.02. The first-order chi connectivity index (χ1) is 9.01. The number of benzene rings is 1. The highest BCUT2D eigenvalue weighted by Gasteiger charge is 2.16. The lowest BCUT2D eigenvalue weighted by atomic mass is 10.0. The molecule has 0 aliphatic carbocycles. The number of rotatable bonds is 4. The molecule has 0 amide bonds. The third-order valence-electron chi connectivity index (χ3n) is 3.04. The van der Waals surface area contributed by atoms with Crippen LogP contribution < -0.4 is 4.74 Å². The lowest BCUT2D eigenvalue weighted by Crippen LogP contribution is -2.08. The second-order valence-corrected chi connectivity index (χ2v) is 5.43. The number of aryl methyl sites for hydroxylation is 2. The molecule has 1 unspecified atom stereocenters. The normalized spacial score (nSPS) is 12.5. The van der Waals surface area contributed by atoms with E-state index < -0.39 is 6.10 Å². The molecule has 1 aromatic heterocycles. The molecule has 2 rings (SSSR count). The number of aromatic nitrogens is 2. The van der Waals surface area contributed by atoms with Gasteiger partial charge >= 0.3 is 0 Å². The van der Waals surface area contributed by atoms with Crippen LogP contribution in [-0.4, -0.2) is 22.0 Å². The molecule has 102 valence electrons. The smallest absolute Gasteiger partial charge is 0.122 e. The Labute approximate surface area is 121 Å². The van der Waals surface area contributed by atoms with Crippen molar-refractivity contribution in [3.8, 4) is 5.75 Å². The highest BCUT2D eigenvalue weighted by molar-refractivity contribution is 9.10. The summed E-state index contributed by atoms with van der Waals surface area (Å²) in [5.41, 5.74) is 2.67. The molecule has 1 aromatic carbocycles. The van der Waals surface area contributed by atoms with E-state index in [0.29, 0.717) is 6.42 Å². The van der Waals surface area contributed by atoms with Crippen molar-refractivity contribution in [1.29, 1.82) is 0 Å². The first kappa shape index (κ1) is 14.1. The zero-order chi connectivity index (χ0) is 14.0. The summed E-state index contributed by atoms with van der Waals surface area (Å²) in [5, 5.41) is 14.6. The van der Waals surface area contributed by atoms with Crippen LogP contribution in [0.15, 0.2) is 28.7 Å². The molecule has 0 aliphatic heterocycles. The predicted octanol–water partition coefficient (Wildman–Crippen LogP) is 2.78. The van der Waals surface area contributed by atoms with E-state index in [1.165, 1.54) is 0 Å². The number of aliphatic hydroxyl groups is 1. The number of nitrogens with zero attached hydrogens (tertiary/aromatic N) is 2.